The molecule has 0 bridgehead atoms. The monoisotopic (exact) mass is 117 g/mol. The summed E-state index contributed by atoms with van der Waals surface area (Å²) in [5.74, 6) is 0. The van der Waals surface area contributed by atoms with Crippen molar-refractivity contribution in [3.05, 3.63) is 0 Å². The Labute approximate surface area is 50.2 Å². The van der Waals surface area contributed by atoms with Gasteiger partial charge in [-0.15, -0.1) is 0 Å². The highest BCUT2D eigenvalue weighted by Gasteiger charge is 2.03. The fourth-order valence-electron chi connectivity index (χ4n) is 0.877. The molecule has 0 aliphatic carbocycles. The molecular formula is C5H11NS. The van der Waals surface area contributed by atoms with Crippen molar-refractivity contribution in [3.8, 4) is 0 Å². The first-order valence-corrected chi connectivity index (χ1v) is 3.23. The quantitative estimate of drug-likeness (QED) is 0.468. The van der Waals surface area contributed by atoms with Crippen molar-refractivity contribution in [2.75, 3.05) is 13.1 Å². The maximum atomic E-state index is 4.19. The predicted molar refractivity (Wildman–Crippen MR) is 34.4 cm³/mol. The zero-order chi connectivity index (χ0) is 5.11. The van der Waals surface area contributed by atoms with Gasteiger partial charge in [-0.05, 0) is 12.8 Å². The molecule has 42 valence electrons. The Kier molecular flexibility index (Phi) is 2.00. The molecule has 0 aromatic heterocycles. The summed E-state index contributed by atoms with van der Waals surface area (Å²) in [5.41, 5.74) is 0. The zero-order valence-electron chi connectivity index (χ0n) is 4.43. The Hall–Kier alpha value is 0.310. The molecule has 0 unspecified atom stereocenters. The van der Waals surface area contributed by atoms with Gasteiger partial charge in [0, 0.05) is 13.1 Å². The Morgan fingerprint density at radius 1 is 1.00 bits per heavy atom. The minimum atomic E-state index is 1.18. The summed E-state index contributed by atoms with van der Waals surface area (Å²) in [6.07, 6.45) is 4.07. The molecule has 0 saturated carbocycles. The summed E-state index contributed by atoms with van der Waals surface area (Å²) in [6.45, 7) is 2.37. The average Bonchev–Trinajstić information content (AvgIpc) is 1.69. The summed E-state index contributed by atoms with van der Waals surface area (Å²) in [7, 11) is 0. The first-order chi connectivity index (χ1) is 3.39. The molecule has 1 saturated heterocycles. The third-order valence-electron chi connectivity index (χ3n) is 1.33. The molecule has 1 fully saturated rings. The standard InChI is InChI=1S/C5H11NS/c7-6-4-2-1-3-5-6/h7H,1-5H2. The molecule has 0 radical (unpaired) electrons. The molecule has 1 aliphatic heterocycles. The molecular weight excluding hydrogens is 106 g/mol. The zero-order valence-corrected chi connectivity index (χ0v) is 5.32. The van der Waals surface area contributed by atoms with Gasteiger partial charge >= 0.3 is 0 Å². The lowest BCUT2D eigenvalue weighted by molar-refractivity contribution is 0.385. The molecule has 0 N–H and O–H groups in total. The summed E-state index contributed by atoms with van der Waals surface area (Å²) >= 11 is 4.19. The van der Waals surface area contributed by atoms with Crippen LogP contribution in [0.25, 0.3) is 0 Å². The Morgan fingerprint density at radius 3 is 1.86 bits per heavy atom. The van der Waals surface area contributed by atoms with Crippen LogP contribution in [-0.4, -0.2) is 17.4 Å². The fraction of sp³-hybridized carbons (Fsp3) is 1.00. The van der Waals surface area contributed by atoms with Crippen LogP contribution < -0.4 is 0 Å². The Balaban J connectivity index is 2.12. The van der Waals surface area contributed by atoms with Gasteiger partial charge in [0.25, 0.3) is 0 Å². The Bertz CT molecular complexity index is 50.0. The maximum Gasteiger partial charge on any atom is 0.00869 e. The van der Waals surface area contributed by atoms with E-state index in [-0.39, 0.29) is 0 Å². The topological polar surface area (TPSA) is 3.24 Å². The smallest absolute Gasteiger partial charge is 0.00869 e. The molecule has 0 aromatic carbocycles. The van der Waals surface area contributed by atoms with Crippen molar-refractivity contribution in [1.82, 2.24) is 4.31 Å². The fourth-order valence-corrected chi connectivity index (χ4v) is 1.16. The average molecular weight is 117 g/mol. The first-order valence-electron chi connectivity index (χ1n) is 2.83. The van der Waals surface area contributed by atoms with E-state index >= 15 is 0 Å². The van der Waals surface area contributed by atoms with Crippen molar-refractivity contribution in [3.63, 3.8) is 0 Å². The largest absolute Gasteiger partial charge is 0.253 e. The van der Waals surface area contributed by atoms with Crippen LogP contribution in [0.4, 0.5) is 0 Å². The van der Waals surface area contributed by atoms with E-state index in [9.17, 15) is 0 Å². The number of hydrogen-bond acceptors (Lipinski definition) is 2. The molecule has 0 spiro atoms. The molecule has 7 heavy (non-hydrogen) atoms. The van der Waals surface area contributed by atoms with Gasteiger partial charge in [-0.2, -0.15) is 0 Å². The molecule has 1 heterocycles. The summed E-state index contributed by atoms with van der Waals surface area (Å²) < 4.78 is 2.09. The summed E-state index contributed by atoms with van der Waals surface area (Å²) in [6, 6.07) is 0. The second-order valence-electron chi connectivity index (χ2n) is 2.01. The third-order valence-corrected chi connectivity index (χ3v) is 1.73. The molecule has 2 heteroatoms. The van der Waals surface area contributed by atoms with E-state index in [1.807, 2.05) is 0 Å². The van der Waals surface area contributed by atoms with Gasteiger partial charge in [0.05, 0.1) is 0 Å². The van der Waals surface area contributed by atoms with Gasteiger partial charge < -0.3 is 0 Å². The molecule has 1 nitrogen and oxygen atoms in total. The van der Waals surface area contributed by atoms with Crippen LogP contribution in [0.3, 0.4) is 0 Å². The van der Waals surface area contributed by atoms with Gasteiger partial charge in [0.15, 0.2) is 0 Å². The van der Waals surface area contributed by atoms with Crippen LogP contribution in [0.5, 0.6) is 0 Å². The van der Waals surface area contributed by atoms with Crippen LogP contribution in [0.1, 0.15) is 19.3 Å². The predicted octanol–water partition coefficient (Wildman–Crippen LogP) is 1.32. The van der Waals surface area contributed by atoms with Gasteiger partial charge in [0.2, 0.25) is 0 Å². The van der Waals surface area contributed by atoms with E-state index in [1.165, 1.54) is 32.4 Å². The van der Waals surface area contributed by atoms with Crippen LogP contribution in [0, 0.1) is 0 Å². The number of nitrogens with zero attached hydrogens (tertiary/aromatic N) is 1. The van der Waals surface area contributed by atoms with E-state index in [1.54, 1.807) is 0 Å². The lowest BCUT2D eigenvalue weighted by atomic mass is 10.2. The summed E-state index contributed by atoms with van der Waals surface area (Å²) in [4.78, 5) is 0. The first kappa shape index (κ1) is 5.45. The lowest BCUT2D eigenvalue weighted by Gasteiger charge is -2.19. The second-order valence-corrected chi connectivity index (χ2v) is 2.58. The third kappa shape index (κ3) is 1.70. The van der Waals surface area contributed by atoms with Crippen LogP contribution >= 0.6 is 12.8 Å². The normalized spacial score (nSPS) is 25.3. The van der Waals surface area contributed by atoms with E-state index < -0.39 is 0 Å². The highest BCUT2D eigenvalue weighted by Crippen LogP contribution is 2.08. The van der Waals surface area contributed by atoms with E-state index in [4.69, 9.17) is 0 Å². The van der Waals surface area contributed by atoms with E-state index in [0.29, 0.717) is 0 Å². The number of rotatable bonds is 0. The lowest BCUT2D eigenvalue weighted by Crippen LogP contribution is -2.19. The molecule has 0 aromatic rings. The van der Waals surface area contributed by atoms with E-state index in [0.717, 1.165) is 0 Å². The van der Waals surface area contributed by atoms with Crippen LogP contribution in [0.15, 0.2) is 0 Å². The van der Waals surface area contributed by atoms with Gasteiger partial charge in [0.1, 0.15) is 0 Å². The van der Waals surface area contributed by atoms with Crippen molar-refractivity contribution >= 4 is 12.8 Å². The second kappa shape index (κ2) is 2.58. The molecule has 0 amide bonds. The van der Waals surface area contributed by atoms with Gasteiger partial charge in [-0.1, -0.05) is 19.2 Å². The molecule has 0 atom stereocenters. The molecule has 1 rings (SSSR count). The Morgan fingerprint density at radius 2 is 1.57 bits per heavy atom. The van der Waals surface area contributed by atoms with E-state index in [2.05, 4.69) is 17.1 Å². The number of thiol groups is 1. The highest BCUT2D eigenvalue weighted by atomic mass is 32.1. The summed E-state index contributed by atoms with van der Waals surface area (Å²) in [5, 5.41) is 0. The van der Waals surface area contributed by atoms with Crippen molar-refractivity contribution in [2.24, 2.45) is 0 Å². The SMILES string of the molecule is SN1CCCCC1. The minimum absolute atomic E-state index is 1.18. The van der Waals surface area contributed by atoms with Gasteiger partial charge in [-0.3, -0.25) is 4.31 Å². The highest BCUT2D eigenvalue weighted by molar-refractivity contribution is 7.77. The van der Waals surface area contributed by atoms with Gasteiger partial charge in [-0.25, -0.2) is 0 Å². The van der Waals surface area contributed by atoms with Crippen LogP contribution in [0.2, 0.25) is 0 Å². The minimum Gasteiger partial charge on any atom is -0.253 e. The number of hydrogen-bond donors (Lipinski definition) is 1. The van der Waals surface area contributed by atoms with Crippen molar-refractivity contribution < 1.29 is 0 Å². The van der Waals surface area contributed by atoms with Crippen molar-refractivity contribution in [1.29, 1.82) is 0 Å². The maximum absolute atomic E-state index is 4.19. The number of piperidine rings is 1. The molecule has 1 aliphatic rings. The van der Waals surface area contributed by atoms with Crippen LogP contribution in [-0.2, 0) is 0 Å². The van der Waals surface area contributed by atoms with Crippen molar-refractivity contribution in [2.45, 2.75) is 19.3 Å².